The summed E-state index contributed by atoms with van der Waals surface area (Å²) in [6, 6.07) is 7.78. The van der Waals surface area contributed by atoms with Crippen LogP contribution in [0.4, 0.5) is 0 Å². The molecule has 1 aliphatic heterocycles. The minimum Gasteiger partial charge on any atom is -0.492 e. The molecule has 0 spiro atoms. The zero-order chi connectivity index (χ0) is 14.6. The summed E-state index contributed by atoms with van der Waals surface area (Å²) in [7, 11) is -2.84. The first-order valence-electron chi connectivity index (χ1n) is 6.86. The summed E-state index contributed by atoms with van der Waals surface area (Å²) in [4.78, 5) is 2.16. The average molecular weight is 298 g/mol. The molecule has 0 radical (unpaired) electrons. The third-order valence-corrected chi connectivity index (χ3v) is 5.41. The smallest absolute Gasteiger partial charge is 0.153 e. The average Bonchev–Trinajstić information content (AvgIpc) is 2.41. The van der Waals surface area contributed by atoms with E-state index in [1.807, 2.05) is 31.2 Å². The van der Waals surface area contributed by atoms with Crippen molar-refractivity contribution in [3.05, 3.63) is 29.8 Å². The number of nitrogens with two attached hydrogens (primary N) is 1. The largest absolute Gasteiger partial charge is 0.492 e. The second-order valence-corrected chi connectivity index (χ2v) is 7.42. The highest BCUT2D eigenvalue weighted by Crippen LogP contribution is 2.13. The molecular weight excluding hydrogens is 276 g/mol. The molecule has 5 nitrogen and oxygen atoms in total. The molecule has 6 heteroatoms. The van der Waals surface area contributed by atoms with Crippen LogP contribution in [0.1, 0.15) is 12.5 Å². The molecular formula is C14H22N2O3S. The van der Waals surface area contributed by atoms with Crippen LogP contribution >= 0.6 is 0 Å². The molecule has 1 unspecified atom stereocenters. The molecule has 1 aromatic rings. The Morgan fingerprint density at radius 2 is 2.05 bits per heavy atom. The summed E-state index contributed by atoms with van der Waals surface area (Å²) in [5, 5.41) is 0. The van der Waals surface area contributed by atoms with Crippen molar-refractivity contribution in [3.63, 3.8) is 0 Å². The van der Waals surface area contributed by atoms with Crippen LogP contribution in [0.3, 0.4) is 0 Å². The maximum Gasteiger partial charge on any atom is 0.153 e. The lowest BCUT2D eigenvalue weighted by atomic mass is 10.2. The summed E-state index contributed by atoms with van der Waals surface area (Å²) in [6.07, 6.45) is 0. The van der Waals surface area contributed by atoms with Crippen molar-refractivity contribution in [3.8, 4) is 5.75 Å². The van der Waals surface area contributed by atoms with Gasteiger partial charge >= 0.3 is 0 Å². The van der Waals surface area contributed by atoms with Crippen LogP contribution < -0.4 is 10.5 Å². The maximum atomic E-state index is 11.5. The Hall–Kier alpha value is -1.11. The van der Waals surface area contributed by atoms with Crippen molar-refractivity contribution in [1.82, 2.24) is 4.90 Å². The molecule has 0 amide bonds. The lowest BCUT2D eigenvalue weighted by Gasteiger charge is -2.32. The first-order chi connectivity index (χ1) is 9.50. The van der Waals surface area contributed by atoms with Gasteiger partial charge in [0.05, 0.1) is 11.5 Å². The minimum atomic E-state index is -2.84. The number of sulfone groups is 1. The Bertz CT molecular complexity index is 528. The molecule has 1 aliphatic rings. The molecule has 1 fully saturated rings. The molecule has 0 saturated carbocycles. The number of rotatable bonds is 5. The van der Waals surface area contributed by atoms with Gasteiger partial charge in [0.15, 0.2) is 9.84 Å². The molecule has 2 N–H and O–H groups in total. The van der Waals surface area contributed by atoms with E-state index in [4.69, 9.17) is 10.5 Å². The van der Waals surface area contributed by atoms with Crippen molar-refractivity contribution in [2.24, 2.45) is 5.73 Å². The molecule has 112 valence electrons. The van der Waals surface area contributed by atoms with Crippen LogP contribution in [0.15, 0.2) is 24.3 Å². The standard InChI is InChI=1S/C14H22N2O3S/c1-12-11-20(17,18)9-7-16(12)6-8-19-14-4-2-13(10-15)3-5-14/h2-5,12H,6-11,15H2,1H3. The van der Waals surface area contributed by atoms with Crippen molar-refractivity contribution in [2.75, 3.05) is 31.2 Å². The van der Waals surface area contributed by atoms with E-state index in [0.29, 0.717) is 19.7 Å². The zero-order valence-corrected chi connectivity index (χ0v) is 12.6. The van der Waals surface area contributed by atoms with Crippen LogP contribution in [0.25, 0.3) is 0 Å². The molecule has 0 aliphatic carbocycles. The van der Waals surface area contributed by atoms with Gasteiger partial charge in [0.2, 0.25) is 0 Å². The number of nitrogens with zero attached hydrogens (tertiary/aromatic N) is 1. The summed E-state index contributed by atoms with van der Waals surface area (Å²) in [6.45, 7) is 4.38. The monoisotopic (exact) mass is 298 g/mol. The summed E-state index contributed by atoms with van der Waals surface area (Å²) < 4.78 is 28.7. The third-order valence-electron chi connectivity index (χ3n) is 3.61. The van der Waals surface area contributed by atoms with Crippen LogP contribution in [-0.4, -0.2) is 50.6 Å². The lowest BCUT2D eigenvalue weighted by Crippen LogP contribution is -2.48. The van der Waals surface area contributed by atoms with Crippen molar-refractivity contribution >= 4 is 9.84 Å². The van der Waals surface area contributed by atoms with Crippen LogP contribution in [0, 0.1) is 0 Å². The van der Waals surface area contributed by atoms with E-state index in [9.17, 15) is 8.42 Å². The first kappa shape index (κ1) is 15.3. The normalized spacial score (nSPS) is 22.6. The second kappa shape index (κ2) is 6.56. The van der Waals surface area contributed by atoms with Gasteiger partial charge < -0.3 is 10.5 Å². The molecule has 1 aromatic carbocycles. The summed E-state index contributed by atoms with van der Waals surface area (Å²) in [5.41, 5.74) is 6.61. The maximum absolute atomic E-state index is 11.5. The Morgan fingerprint density at radius 3 is 2.65 bits per heavy atom. The minimum absolute atomic E-state index is 0.0666. The fourth-order valence-electron chi connectivity index (χ4n) is 2.37. The highest BCUT2D eigenvalue weighted by Gasteiger charge is 2.27. The fraction of sp³-hybridized carbons (Fsp3) is 0.571. The van der Waals surface area contributed by atoms with Gasteiger partial charge in [-0.05, 0) is 24.6 Å². The van der Waals surface area contributed by atoms with Crippen LogP contribution in [-0.2, 0) is 16.4 Å². The summed E-state index contributed by atoms with van der Waals surface area (Å²) >= 11 is 0. The molecule has 1 heterocycles. The van der Waals surface area contributed by atoms with Gasteiger partial charge in [-0.3, -0.25) is 4.90 Å². The number of ether oxygens (including phenoxy) is 1. The van der Waals surface area contributed by atoms with E-state index in [2.05, 4.69) is 4.90 Å². The van der Waals surface area contributed by atoms with Crippen molar-refractivity contribution in [2.45, 2.75) is 19.5 Å². The van der Waals surface area contributed by atoms with E-state index in [1.54, 1.807) is 0 Å². The predicted molar refractivity (Wildman–Crippen MR) is 79.5 cm³/mol. The van der Waals surface area contributed by atoms with Crippen LogP contribution in [0.2, 0.25) is 0 Å². The van der Waals surface area contributed by atoms with E-state index in [1.165, 1.54) is 0 Å². The van der Waals surface area contributed by atoms with Crippen molar-refractivity contribution in [1.29, 1.82) is 0 Å². The Morgan fingerprint density at radius 1 is 1.35 bits per heavy atom. The number of benzene rings is 1. The Kier molecular flexibility index (Phi) is 5.01. The van der Waals surface area contributed by atoms with Gasteiger partial charge in [-0.15, -0.1) is 0 Å². The highest BCUT2D eigenvalue weighted by molar-refractivity contribution is 7.91. The van der Waals surface area contributed by atoms with Gasteiger partial charge in [0, 0.05) is 25.7 Å². The van der Waals surface area contributed by atoms with E-state index < -0.39 is 9.84 Å². The van der Waals surface area contributed by atoms with Gasteiger partial charge in [-0.1, -0.05) is 12.1 Å². The van der Waals surface area contributed by atoms with Gasteiger partial charge in [0.1, 0.15) is 12.4 Å². The molecule has 0 aromatic heterocycles. The molecule has 1 saturated heterocycles. The predicted octanol–water partition coefficient (Wildman–Crippen LogP) is 0.643. The van der Waals surface area contributed by atoms with E-state index in [0.717, 1.165) is 17.9 Å². The van der Waals surface area contributed by atoms with E-state index >= 15 is 0 Å². The second-order valence-electron chi connectivity index (χ2n) is 5.20. The fourth-order valence-corrected chi connectivity index (χ4v) is 3.99. The SMILES string of the molecule is CC1CS(=O)(=O)CCN1CCOc1ccc(CN)cc1. The Balaban J connectivity index is 1.78. The van der Waals surface area contributed by atoms with E-state index in [-0.39, 0.29) is 17.5 Å². The lowest BCUT2D eigenvalue weighted by molar-refractivity contribution is 0.179. The third kappa shape index (κ3) is 4.19. The zero-order valence-electron chi connectivity index (χ0n) is 11.8. The first-order valence-corrected chi connectivity index (χ1v) is 8.68. The van der Waals surface area contributed by atoms with Gasteiger partial charge in [0.25, 0.3) is 0 Å². The quantitative estimate of drug-likeness (QED) is 0.864. The molecule has 20 heavy (non-hydrogen) atoms. The highest BCUT2D eigenvalue weighted by atomic mass is 32.2. The topological polar surface area (TPSA) is 72.6 Å². The summed E-state index contributed by atoms with van der Waals surface area (Å²) in [5.74, 6) is 1.32. The number of hydrogen-bond donors (Lipinski definition) is 1. The van der Waals surface area contributed by atoms with Crippen molar-refractivity contribution < 1.29 is 13.2 Å². The van der Waals surface area contributed by atoms with Crippen LogP contribution in [0.5, 0.6) is 5.75 Å². The Labute approximate surface area is 120 Å². The molecule has 2 rings (SSSR count). The molecule has 1 atom stereocenters. The van der Waals surface area contributed by atoms with Gasteiger partial charge in [-0.25, -0.2) is 8.42 Å². The van der Waals surface area contributed by atoms with Gasteiger partial charge in [-0.2, -0.15) is 0 Å². The number of hydrogen-bond acceptors (Lipinski definition) is 5. The molecule has 0 bridgehead atoms.